The van der Waals surface area contributed by atoms with Gasteiger partial charge < -0.3 is 20.3 Å². The molecule has 5 nitrogen and oxygen atoms in total. The number of benzene rings is 1. The lowest BCUT2D eigenvalue weighted by atomic mass is 10.3. The molecular weight excluding hydrogens is 280 g/mol. The van der Waals surface area contributed by atoms with E-state index < -0.39 is 23.4 Å². The molecule has 0 aliphatic carbocycles. The minimum absolute atomic E-state index is 0.416. The predicted octanol–water partition coefficient (Wildman–Crippen LogP) is 2.05. The van der Waals surface area contributed by atoms with Crippen LogP contribution in [0.1, 0.15) is 6.42 Å². The molecule has 0 aliphatic heterocycles. The molecule has 0 spiro atoms. The maximum Gasteiger partial charge on any atom is 0.319 e. The van der Waals surface area contributed by atoms with Crippen molar-refractivity contribution in [3.05, 3.63) is 29.8 Å². The normalized spacial score (nSPS) is 10.7. The summed E-state index contributed by atoms with van der Waals surface area (Å²) in [5.41, 5.74) is -0.438. The summed E-state index contributed by atoms with van der Waals surface area (Å²) in [6.07, 6.45) is 0.730. The van der Waals surface area contributed by atoms with Crippen LogP contribution in [0.3, 0.4) is 0 Å². The summed E-state index contributed by atoms with van der Waals surface area (Å²) in [5.74, 6) is -1.60. The summed E-state index contributed by atoms with van der Waals surface area (Å²) in [4.78, 5) is 13.6. The van der Waals surface area contributed by atoms with Crippen molar-refractivity contribution in [3.63, 3.8) is 0 Å². The molecule has 0 saturated carbocycles. The summed E-state index contributed by atoms with van der Waals surface area (Å²) in [7, 11) is 3.59. The molecule has 1 rings (SSSR count). The summed E-state index contributed by atoms with van der Waals surface area (Å²) < 4.78 is 31.6. The highest BCUT2D eigenvalue weighted by molar-refractivity contribution is 5.89. The number of carbonyl (C=O) groups is 1. The molecule has 0 fully saturated rings. The van der Waals surface area contributed by atoms with Gasteiger partial charge in [0.1, 0.15) is 17.3 Å². The lowest BCUT2D eigenvalue weighted by Gasteiger charge is -2.16. The molecule has 0 atom stereocenters. The van der Waals surface area contributed by atoms with Gasteiger partial charge in [0.05, 0.1) is 6.61 Å². The Kier molecular flexibility index (Phi) is 7.63. The van der Waals surface area contributed by atoms with Crippen LogP contribution >= 0.6 is 0 Å². The maximum atomic E-state index is 13.3. The number of halogens is 2. The number of nitrogens with zero attached hydrogens (tertiary/aromatic N) is 1. The summed E-state index contributed by atoms with van der Waals surface area (Å²) in [5, 5.41) is 4.72. The fourth-order valence-electron chi connectivity index (χ4n) is 1.68. The van der Waals surface area contributed by atoms with E-state index in [2.05, 4.69) is 15.5 Å². The molecule has 0 radical (unpaired) electrons. The monoisotopic (exact) mass is 301 g/mol. The second kappa shape index (κ2) is 9.25. The number of urea groups is 1. The zero-order valence-electron chi connectivity index (χ0n) is 12.3. The Morgan fingerprint density at radius 2 is 1.95 bits per heavy atom. The first-order valence-corrected chi connectivity index (χ1v) is 6.71. The third-order valence-electron chi connectivity index (χ3n) is 2.88. The van der Waals surface area contributed by atoms with Gasteiger partial charge in [0.2, 0.25) is 0 Å². The number of amides is 2. The molecule has 0 bridgehead atoms. The fraction of sp³-hybridized carbons (Fsp3) is 0.500. The van der Waals surface area contributed by atoms with Crippen LogP contribution in [-0.2, 0) is 4.74 Å². The van der Waals surface area contributed by atoms with Crippen molar-refractivity contribution in [2.75, 3.05) is 45.7 Å². The zero-order valence-corrected chi connectivity index (χ0v) is 12.3. The molecule has 1 aromatic rings. The number of rotatable bonds is 8. The molecule has 0 unspecified atom stereocenters. The number of nitrogens with one attached hydrogen (secondary N) is 2. The van der Waals surface area contributed by atoms with Gasteiger partial charge in [-0.2, -0.15) is 0 Å². The van der Waals surface area contributed by atoms with Gasteiger partial charge in [-0.3, -0.25) is 0 Å². The molecule has 118 valence electrons. The quantitative estimate of drug-likeness (QED) is 0.723. The van der Waals surface area contributed by atoms with Crippen molar-refractivity contribution in [1.82, 2.24) is 10.2 Å². The lowest BCUT2D eigenvalue weighted by Crippen LogP contribution is -2.32. The van der Waals surface area contributed by atoms with Crippen molar-refractivity contribution in [3.8, 4) is 0 Å². The van der Waals surface area contributed by atoms with Crippen molar-refractivity contribution in [2.24, 2.45) is 0 Å². The fourth-order valence-corrected chi connectivity index (χ4v) is 1.68. The smallest absolute Gasteiger partial charge is 0.319 e. The standard InChI is InChI=1S/C14H21F2N3O2/c1-19(9-10-21-2)8-4-7-17-14(20)18-13-11(15)5-3-6-12(13)16/h3,5-6H,4,7-10H2,1-2H3,(H2,17,18,20). The number of likely N-dealkylation sites (N-methyl/N-ethyl adjacent to an activating group) is 1. The number of hydrogen-bond donors (Lipinski definition) is 2. The SMILES string of the molecule is COCCN(C)CCCNC(=O)Nc1c(F)cccc1F. The zero-order chi connectivity index (χ0) is 15.7. The van der Waals surface area contributed by atoms with Gasteiger partial charge >= 0.3 is 6.03 Å². The average Bonchev–Trinajstić information content (AvgIpc) is 2.45. The molecule has 0 aliphatic rings. The van der Waals surface area contributed by atoms with Crippen LogP contribution in [0, 0.1) is 11.6 Å². The Morgan fingerprint density at radius 3 is 2.57 bits per heavy atom. The number of anilines is 1. The van der Waals surface area contributed by atoms with Gasteiger partial charge in [-0.05, 0) is 32.1 Å². The van der Waals surface area contributed by atoms with Gasteiger partial charge in [-0.25, -0.2) is 13.6 Å². The first-order chi connectivity index (χ1) is 10.0. The van der Waals surface area contributed by atoms with Crippen LogP contribution in [0.5, 0.6) is 0 Å². The molecule has 0 saturated heterocycles. The van der Waals surface area contributed by atoms with Gasteiger partial charge in [-0.1, -0.05) is 6.07 Å². The van der Waals surface area contributed by atoms with Gasteiger partial charge in [0, 0.05) is 20.2 Å². The van der Waals surface area contributed by atoms with Crippen LogP contribution in [0.2, 0.25) is 0 Å². The van der Waals surface area contributed by atoms with E-state index >= 15 is 0 Å². The summed E-state index contributed by atoms with van der Waals surface area (Å²) >= 11 is 0. The molecule has 1 aromatic carbocycles. The Labute approximate surface area is 123 Å². The number of ether oxygens (including phenoxy) is 1. The predicted molar refractivity (Wildman–Crippen MR) is 77.4 cm³/mol. The highest BCUT2D eigenvalue weighted by Crippen LogP contribution is 2.17. The van der Waals surface area contributed by atoms with E-state index in [0.29, 0.717) is 13.2 Å². The first-order valence-electron chi connectivity index (χ1n) is 6.71. The number of para-hydroxylation sites is 1. The topological polar surface area (TPSA) is 53.6 Å². The van der Waals surface area contributed by atoms with E-state index in [-0.39, 0.29) is 0 Å². The van der Waals surface area contributed by atoms with Crippen LogP contribution in [0.15, 0.2) is 18.2 Å². The third kappa shape index (κ3) is 6.50. The number of carbonyl (C=O) groups excluding carboxylic acids is 1. The Bertz CT molecular complexity index is 438. The Balaban J connectivity index is 2.26. The molecule has 0 aromatic heterocycles. The maximum absolute atomic E-state index is 13.3. The van der Waals surface area contributed by atoms with Crippen LogP contribution in [0.4, 0.5) is 19.3 Å². The van der Waals surface area contributed by atoms with E-state index in [1.54, 1.807) is 7.11 Å². The number of methoxy groups -OCH3 is 1. The highest BCUT2D eigenvalue weighted by Gasteiger charge is 2.11. The van der Waals surface area contributed by atoms with E-state index in [9.17, 15) is 13.6 Å². The van der Waals surface area contributed by atoms with Crippen molar-refractivity contribution in [1.29, 1.82) is 0 Å². The highest BCUT2D eigenvalue weighted by atomic mass is 19.1. The summed E-state index contributed by atoms with van der Waals surface area (Å²) in [6, 6.07) is 2.79. The van der Waals surface area contributed by atoms with Crippen LogP contribution < -0.4 is 10.6 Å². The lowest BCUT2D eigenvalue weighted by molar-refractivity contribution is 0.160. The molecule has 2 N–H and O–H groups in total. The molecule has 21 heavy (non-hydrogen) atoms. The van der Waals surface area contributed by atoms with Gasteiger partial charge in [-0.15, -0.1) is 0 Å². The van der Waals surface area contributed by atoms with Crippen molar-refractivity contribution in [2.45, 2.75) is 6.42 Å². The van der Waals surface area contributed by atoms with Crippen LogP contribution in [-0.4, -0.2) is 51.3 Å². The van der Waals surface area contributed by atoms with E-state index in [1.165, 1.54) is 6.07 Å². The largest absolute Gasteiger partial charge is 0.383 e. The average molecular weight is 301 g/mol. The van der Waals surface area contributed by atoms with Crippen molar-refractivity contribution < 1.29 is 18.3 Å². The van der Waals surface area contributed by atoms with E-state index in [1.807, 2.05) is 7.05 Å². The molecular formula is C14H21F2N3O2. The Morgan fingerprint density at radius 1 is 1.29 bits per heavy atom. The van der Waals surface area contributed by atoms with Crippen LogP contribution in [0.25, 0.3) is 0 Å². The minimum Gasteiger partial charge on any atom is -0.383 e. The van der Waals surface area contributed by atoms with E-state index in [4.69, 9.17) is 4.74 Å². The Hall–Kier alpha value is -1.73. The van der Waals surface area contributed by atoms with Gasteiger partial charge in [0.15, 0.2) is 0 Å². The van der Waals surface area contributed by atoms with Crippen molar-refractivity contribution >= 4 is 11.7 Å². The first kappa shape index (κ1) is 17.3. The second-order valence-corrected chi connectivity index (χ2v) is 4.63. The second-order valence-electron chi connectivity index (χ2n) is 4.63. The minimum atomic E-state index is -0.801. The summed E-state index contributed by atoms with van der Waals surface area (Å²) in [6.45, 7) is 2.66. The van der Waals surface area contributed by atoms with E-state index in [0.717, 1.165) is 31.6 Å². The molecule has 2 amide bonds. The molecule has 0 heterocycles. The molecule has 7 heteroatoms. The third-order valence-corrected chi connectivity index (χ3v) is 2.88. The van der Waals surface area contributed by atoms with Gasteiger partial charge in [0.25, 0.3) is 0 Å². The number of hydrogen-bond acceptors (Lipinski definition) is 3.